The molecule has 0 aliphatic carbocycles. The molecule has 0 fully saturated rings. The summed E-state index contributed by atoms with van der Waals surface area (Å²) in [6, 6.07) is 1.63. The Kier molecular flexibility index (Phi) is 3.17. The molecular weight excluding hydrogens is 190 g/mol. The molecule has 0 spiro atoms. The van der Waals surface area contributed by atoms with E-state index >= 15 is 0 Å². The van der Waals surface area contributed by atoms with E-state index in [9.17, 15) is 13.6 Å². The van der Waals surface area contributed by atoms with Gasteiger partial charge in [0.15, 0.2) is 0 Å². The maximum Gasteiger partial charge on any atom is 0.336 e. The molecule has 1 rings (SSSR count). The van der Waals surface area contributed by atoms with Gasteiger partial charge in [-0.2, -0.15) is 4.39 Å². The third-order valence-electron chi connectivity index (χ3n) is 1.96. The second-order valence-electron chi connectivity index (χ2n) is 2.93. The predicted octanol–water partition coefficient (Wildman–Crippen LogP) is 2.72. The third kappa shape index (κ3) is 1.89. The summed E-state index contributed by atoms with van der Waals surface area (Å²) in [6.07, 6.45) is 0. The Morgan fingerprint density at radius 1 is 1.36 bits per heavy atom. The Labute approximate surface area is 80.5 Å². The predicted molar refractivity (Wildman–Crippen MR) is 48.0 cm³/mol. The molecule has 0 saturated carbocycles. The molecule has 0 aliphatic heterocycles. The van der Waals surface area contributed by atoms with Crippen LogP contribution in [0.5, 0.6) is 5.75 Å². The topological polar surface area (TPSA) is 26.3 Å². The highest BCUT2D eigenvalue weighted by atomic mass is 19.1. The van der Waals surface area contributed by atoms with Crippen LogP contribution in [-0.2, 0) is 0 Å². The van der Waals surface area contributed by atoms with E-state index in [4.69, 9.17) is 0 Å². The van der Waals surface area contributed by atoms with Crippen molar-refractivity contribution in [3.8, 4) is 5.75 Å². The molecule has 14 heavy (non-hydrogen) atoms. The second-order valence-corrected chi connectivity index (χ2v) is 2.93. The van der Waals surface area contributed by atoms with Crippen molar-refractivity contribution < 1.29 is 18.3 Å². The van der Waals surface area contributed by atoms with E-state index in [0.717, 1.165) is 0 Å². The maximum absolute atomic E-state index is 12.6. The highest BCUT2D eigenvalue weighted by molar-refractivity contribution is 5.93. The largest absolute Gasteiger partial charge is 0.462 e. The van der Waals surface area contributed by atoms with Gasteiger partial charge in [0.2, 0.25) is 6.86 Å². The zero-order valence-corrected chi connectivity index (χ0v) is 7.93. The minimum Gasteiger partial charge on any atom is -0.462 e. The molecule has 1 aromatic carbocycles. The van der Waals surface area contributed by atoms with Crippen molar-refractivity contribution in [3.05, 3.63) is 28.8 Å². The van der Waals surface area contributed by atoms with Gasteiger partial charge >= 0.3 is 6.04 Å². The SMILES string of the molecule is Cc1ccc(C)c(C(=O)F)c1OCF. The fraction of sp³-hybridized carbons (Fsp3) is 0.300. The van der Waals surface area contributed by atoms with E-state index in [2.05, 4.69) is 4.74 Å². The molecule has 0 N–H and O–H groups in total. The van der Waals surface area contributed by atoms with Crippen molar-refractivity contribution in [3.63, 3.8) is 0 Å². The van der Waals surface area contributed by atoms with Gasteiger partial charge in [-0.3, -0.25) is 4.79 Å². The summed E-state index contributed by atoms with van der Waals surface area (Å²) in [5.41, 5.74) is 0.781. The highest BCUT2D eigenvalue weighted by Gasteiger charge is 2.17. The van der Waals surface area contributed by atoms with Crippen LogP contribution in [0.4, 0.5) is 8.78 Å². The number of alkyl halides is 1. The number of carbonyl (C=O) groups excluding carboxylic acids is 1. The van der Waals surface area contributed by atoms with Gasteiger partial charge in [0.1, 0.15) is 5.75 Å². The van der Waals surface area contributed by atoms with Crippen LogP contribution in [0, 0.1) is 13.8 Å². The van der Waals surface area contributed by atoms with Crippen LogP contribution in [0.2, 0.25) is 0 Å². The van der Waals surface area contributed by atoms with Crippen LogP contribution >= 0.6 is 0 Å². The van der Waals surface area contributed by atoms with Gasteiger partial charge in [-0.05, 0) is 25.0 Å². The molecule has 1 aromatic rings. The summed E-state index contributed by atoms with van der Waals surface area (Å²) < 4.78 is 29.2. The Balaban J connectivity index is 3.33. The highest BCUT2D eigenvalue weighted by Crippen LogP contribution is 2.27. The van der Waals surface area contributed by atoms with Gasteiger partial charge < -0.3 is 4.74 Å². The third-order valence-corrected chi connectivity index (χ3v) is 1.96. The van der Waals surface area contributed by atoms with Crippen LogP contribution in [0.15, 0.2) is 12.1 Å². The molecule has 0 aliphatic rings. The van der Waals surface area contributed by atoms with Crippen molar-refractivity contribution in [2.24, 2.45) is 0 Å². The molecule has 0 bridgehead atoms. The average molecular weight is 200 g/mol. The number of hydrogen-bond donors (Lipinski definition) is 0. The normalized spacial score (nSPS) is 10.0. The quantitative estimate of drug-likeness (QED) is 0.701. The minimum atomic E-state index is -1.60. The molecule has 76 valence electrons. The van der Waals surface area contributed by atoms with E-state index in [0.29, 0.717) is 11.1 Å². The van der Waals surface area contributed by atoms with Crippen molar-refractivity contribution in [2.45, 2.75) is 13.8 Å². The van der Waals surface area contributed by atoms with Crippen LogP contribution in [0.3, 0.4) is 0 Å². The fourth-order valence-corrected chi connectivity index (χ4v) is 1.27. The molecule has 0 radical (unpaired) electrons. The number of carbonyl (C=O) groups is 1. The van der Waals surface area contributed by atoms with E-state index in [1.54, 1.807) is 26.0 Å². The summed E-state index contributed by atoms with van der Waals surface area (Å²) in [4.78, 5) is 10.6. The molecule has 4 heteroatoms. The van der Waals surface area contributed by atoms with Gasteiger partial charge in [-0.1, -0.05) is 12.1 Å². The Morgan fingerprint density at radius 2 is 1.93 bits per heavy atom. The van der Waals surface area contributed by atoms with Crippen LogP contribution < -0.4 is 4.74 Å². The van der Waals surface area contributed by atoms with E-state index in [1.807, 2.05) is 0 Å². The zero-order valence-electron chi connectivity index (χ0n) is 7.93. The van der Waals surface area contributed by atoms with Gasteiger partial charge in [0, 0.05) is 0 Å². The number of ether oxygens (including phenoxy) is 1. The van der Waals surface area contributed by atoms with Crippen molar-refractivity contribution in [1.82, 2.24) is 0 Å². The number of benzene rings is 1. The Morgan fingerprint density at radius 3 is 2.43 bits per heavy atom. The van der Waals surface area contributed by atoms with Crippen molar-refractivity contribution >= 4 is 6.04 Å². The molecule has 0 aromatic heterocycles. The molecule has 2 nitrogen and oxygen atoms in total. The molecular formula is C10H10F2O2. The molecule has 0 heterocycles. The Hall–Kier alpha value is -1.45. The lowest BCUT2D eigenvalue weighted by Crippen LogP contribution is -2.03. The first-order valence-corrected chi connectivity index (χ1v) is 4.06. The summed E-state index contributed by atoms with van der Waals surface area (Å²) in [5.74, 6) is -0.0139. The second kappa shape index (κ2) is 4.17. The average Bonchev–Trinajstić information content (AvgIpc) is 2.11. The van der Waals surface area contributed by atoms with Crippen LogP contribution in [0.25, 0.3) is 0 Å². The number of rotatable bonds is 3. The van der Waals surface area contributed by atoms with Crippen LogP contribution in [-0.4, -0.2) is 12.9 Å². The summed E-state index contributed by atoms with van der Waals surface area (Å²) in [6.45, 7) is 2.11. The molecule has 0 amide bonds. The lowest BCUT2D eigenvalue weighted by atomic mass is 10.0. The monoisotopic (exact) mass is 200 g/mol. The number of halogens is 2. The number of aryl methyl sites for hydroxylation is 2. The molecule has 0 atom stereocenters. The van der Waals surface area contributed by atoms with E-state index < -0.39 is 12.9 Å². The minimum absolute atomic E-state index is 0.0139. The van der Waals surface area contributed by atoms with Crippen molar-refractivity contribution in [1.29, 1.82) is 0 Å². The molecule has 0 saturated heterocycles. The van der Waals surface area contributed by atoms with Gasteiger partial charge in [-0.15, -0.1) is 0 Å². The first-order valence-electron chi connectivity index (χ1n) is 4.06. The van der Waals surface area contributed by atoms with Gasteiger partial charge in [0.25, 0.3) is 0 Å². The van der Waals surface area contributed by atoms with Gasteiger partial charge in [0.05, 0.1) is 5.56 Å². The summed E-state index contributed by atoms with van der Waals surface area (Å²) in [7, 11) is 0. The number of hydrogen-bond acceptors (Lipinski definition) is 2. The Bertz CT molecular complexity index is 361. The van der Waals surface area contributed by atoms with E-state index in [-0.39, 0.29) is 11.3 Å². The summed E-state index contributed by atoms with van der Waals surface area (Å²) in [5, 5.41) is 0. The summed E-state index contributed by atoms with van der Waals surface area (Å²) >= 11 is 0. The van der Waals surface area contributed by atoms with E-state index in [1.165, 1.54) is 0 Å². The first-order chi connectivity index (χ1) is 6.57. The lowest BCUT2D eigenvalue weighted by Gasteiger charge is -2.10. The zero-order chi connectivity index (χ0) is 10.7. The maximum atomic E-state index is 12.6. The smallest absolute Gasteiger partial charge is 0.336 e. The fourth-order valence-electron chi connectivity index (χ4n) is 1.27. The van der Waals surface area contributed by atoms with Gasteiger partial charge in [-0.25, -0.2) is 4.39 Å². The standard InChI is InChI=1S/C10H10F2O2/c1-6-3-4-7(2)9(14-5-11)8(6)10(12)13/h3-4H,5H2,1-2H3. The molecule has 0 unspecified atom stereocenters. The van der Waals surface area contributed by atoms with Crippen LogP contribution in [0.1, 0.15) is 21.5 Å². The first kappa shape index (κ1) is 10.6. The van der Waals surface area contributed by atoms with Crippen molar-refractivity contribution in [2.75, 3.05) is 6.86 Å². The lowest BCUT2D eigenvalue weighted by molar-refractivity contribution is 0.0827.